The van der Waals surface area contributed by atoms with Crippen LogP contribution in [0.25, 0.3) is 0 Å². The fraction of sp³-hybridized carbons (Fsp3) is 0.579. The molecule has 12 heteroatoms. The zero-order chi connectivity index (χ0) is 22.2. The predicted molar refractivity (Wildman–Crippen MR) is 114 cm³/mol. The number of nitrogens with one attached hydrogen (secondary N) is 1. The SMILES string of the molecule is Cc1noc(C2CC3(CCN(S(C)(=O)=O)CC3)CN2CC(=O)Nc2ccc(Cl)cn2)n1. The number of hydrogen-bond donors (Lipinski definition) is 1. The Hall–Kier alpha value is -2.08. The summed E-state index contributed by atoms with van der Waals surface area (Å²) in [5.41, 5.74) is -0.104. The van der Waals surface area contributed by atoms with Crippen LogP contribution in [0.5, 0.6) is 0 Å². The van der Waals surface area contributed by atoms with Crippen LogP contribution in [0.1, 0.15) is 37.0 Å². The maximum atomic E-state index is 12.7. The van der Waals surface area contributed by atoms with E-state index in [9.17, 15) is 13.2 Å². The predicted octanol–water partition coefficient (Wildman–Crippen LogP) is 1.85. The molecule has 2 aliphatic rings. The first kappa shape index (κ1) is 22.1. The summed E-state index contributed by atoms with van der Waals surface area (Å²) < 4.78 is 30.7. The number of hydrogen-bond acceptors (Lipinski definition) is 8. The molecule has 0 bridgehead atoms. The molecule has 0 aliphatic carbocycles. The van der Waals surface area contributed by atoms with E-state index >= 15 is 0 Å². The van der Waals surface area contributed by atoms with Crippen LogP contribution >= 0.6 is 11.6 Å². The molecule has 1 unspecified atom stereocenters. The van der Waals surface area contributed by atoms with Gasteiger partial charge in [-0.2, -0.15) is 4.98 Å². The van der Waals surface area contributed by atoms with E-state index < -0.39 is 10.0 Å². The van der Waals surface area contributed by atoms with Crippen molar-refractivity contribution in [1.29, 1.82) is 0 Å². The van der Waals surface area contributed by atoms with Gasteiger partial charge in [0, 0.05) is 25.8 Å². The molecule has 2 aromatic rings. The Labute approximate surface area is 186 Å². The lowest BCUT2D eigenvalue weighted by Gasteiger charge is -2.38. The number of amides is 1. The number of carbonyl (C=O) groups is 1. The van der Waals surface area contributed by atoms with Crippen LogP contribution in [-0.4, -0.2) is 71.1 Å². The Morgan fingerprint density at radius 1 is 1.35 bits per heavy atom. The number of aryl methyl sites for hydroxylation is 1. The molecule has 0 aromatic carbocycles. The molecule has 2 aliphatic heterocycles. The summed E-state index contributed by atoms with van der Waals surface area (Å²) in [5, 5.41) is 7.18. The third-order valence-electron chi connectivity index (χ3n) is 6.03. The molecule has 1 atom stereocenters. The fourth-order valence-electron chi connectivity index (χ4n) is 4.47. The van der Waals surface area contributed by atoms with Crippen molar-refractivity contribution >= 4 is 33.3 Å². The minimum Gasteiger partial charge on any atom is -0.338 e. The number of pyridine rings is 1. The summed E-state index contributed by atoms with van der Waals surface area (Å²) in [6.45, 7) is 3.49. The third kappa shape index (κ3) is 5.05. The van der Waals surface area contributed by atoms with Crippen molar-refractivity contribution in [3.63, 3.8) is 0 Å². The van der Waals surface area contributed by atoms with Crippen molar-refractivity contribution < 1.29 is 17.7 Å². The van der Waals surface area contributed by atoms with E-state index in [0.717, 1.165) is 19.3 Å². The Morgan fingerprint density at radius 2 is 2.10 bits per heavy atom. The van der Waals surface area contributed by atoms with Crippen LogP contribution in [0, 0.1) is 12.3 Å². The molecule has 0 saturated carbocycles. The third-order valence-corrected chi connectivity index (χ3v) is 7.55. The minimum absolute atomic E-state index is 0.104. The zero-order valence-corrected chi connectivity index (χ0v) is 19.0. The molecule has 2 fully saturated rings. The molecule has 10 nitrogen and oxygen atoms in total. The molecule has 2 aromatic heterocycles. The van der Waals surface area contributed by atoms with Gasteiger partial charge in [-0.1, -0.05) is 16.8 Å². The van der Waals surface area contributed by atoms with Crippen LogP contribution in [0.15, 0.2) is 22.9 Å². The average Bonchev–Trinajstić information content (AvgIpc) is 3.27. The summed E-state index contributed by atoms with van der Waals surface area (Å²) >= 11 is 5.85. The summed E-state index contributed by atoms with van der Waals surface area (Å²) in [5.74, 6) is 1.24. The van der Waals surface area contributed by atoms with Crippen molar-refractivity contribution in [2.45, 2.75) is 32.2 Å². The van der Waals surface area contributed by atoms with Gasteiger partial charge in [-0.15, -0.1) is 0 Å². The highest BCUT2D eigenvalue weighted by Crippen LogP contribution is 2.48. The fourth-order valence-corrected chi connectivity index (χ4v) is 5.43. The van der Waals surface area contributed by atoms with E-state index in [1.807, 2.05) is 4.90 Å². The highest BCUT2D eigenvalue weighted by Gasteiger charge is 2.49. The van der Waals surface area contributed by atoms with Gasteiger partial charge in [-0.25, -0.2) is 17.7 Å². The molecule has 1 spiro atoms. The van der Waals surface area contributed by atoms with E-state index in [1.165, 1.54) is 16.8 Å². The summed E-state index contributed by atoms with van der Waals surface area (Å²) in [4.78, 5) is 23.2. The van der Waals surface area contributed by atoms with E-state index in [-0.39, 0.29) is 23.9 Å². The number of aromatic nitrogens is 3. The van der Waals surface area contributed by atoms with Gasteiger partial charge in [0.05, 0.1) is 23.9 Å². The van der Waals surface area contributed by atoms with E-state index in [4.69, 9.17) is 16.1 Å². The smallest absolute Gasteiger partial charge is 0.244 e. The molecule has 1 N–H and O–H groups in total. The van der Waals surface area contributed by atoms with Crippen LogP contribution in [0.4, 0.5) is 5.82 Å². The zero-order valence-electron chi connectivity index (χ0n) is 17.4. The summed E-state index contributed by atoms with van der Waals surface area (Å²) in [6.07, 6.45) is 4.90. The van der Waals surface area contributed by atoms with Gasteiger partial charge in [0.25, 0.3) is 0 Å². The van der Waals surface area contributed by atoms with Gasteiger partial charge >= 0.3 is 0 Å². The van der Waals surface area contributed by atoms with Crippen molar-refractivity contribution in [1.82, 2.24) is 24.3 Å². The van der Waals surface area contributed by atoms with Crippen molar-refractivity contribution in [2.24, 2.45) is 5.41 Å². The van der Waals surface area contributed by atoms with Gasteiger partial charge in [0.15, 0.2) is 5.82 Å². The number of nitrogens with zero attached hydrogens (tertiary/aromatic N) is 5. The van der Waals surface area contributed by atoms with Crippen LogP contribution < -0.4 is 5.32 Å². The largest absolute Gasteiger partial charge is 0.338 e. The molecule has 31 heavy (non-hydrogen) atoms. The molecule has 2 saturated heterocycles. The first-order valence-corrected chi connectivity index (χ1v) is 12.3. The van der Waals surface area contributed by atoms with Gasteiger partial charge in [0.1, 0.15) is 5.82 Å². The van der Waals surface area contributed by atoms with Gasteiger partial charge in [-0.05, 0) is 43.7 Å². The molecule has 168 valence electrons. The Morgan fingerprint density at radius 3 is 2.68 bits per heavy atom. The first-order valence-electron chi connectivity index (χ1n) is 10.0. The topological polar surface area (TPSA) is 122 Å². The highest BCUT2D eigenvalue weighted by molar-refractivity contribution is 7.88. The Balaban J connectivity index is 1.49. The molecule has 4 rings (SSSR count). The van der Waals surface area contributed by atoms with E-state index in [1.54, 1.807) is 19.1 Å². The van der Waals surface area contributed by atoms with Gasteiger partial charge < -0.3 is 9.84 Å². The second-order valence-corrected chi connectivity index (χ2v) is 10.8. The van der Waals surface area contributed by atoms with E-state index in [2.05, 4.69) is 20.4 Å². The van der Waals surface area contributed by atoms with Crippen LogP contribution in [0.2, 0.25) is 5.02 Å². The molecule has 0 radical (unpaired) electrons. The van der Waals surface area contributed by atoms with Crippen molar-refractivity contribution in [3.8, 4) is 0 Å². The number of piperidine rings is 1. The second-order valence-electron chi connectivity index (χ2n) is 8.38. The lowest BCUT2D eigenvalue weighted by Crippen LogP contribution is -2.44. The maximum Gasteiger partial charge on any atom is 0.244 e. The maximum absolute atomic E-state index is 12.7. The van der Waals surface area contributed by atoms with Crippen molar-refractivity contribution in [2.75, 3.05) is 37.8 Å². The lowest BCUT2D eigenvalue weighted by atomic mass is 9.77. The monoisotopic (exact) mass is 468 g/mol. The Bertz CT molecular complexity index is 1050. The van der Waals surface area contributed by atoms with Crippen molar-refractivity contribution in [3.05, 3.63) is 35.1 Å². The van der Waals surface area contributed by atoms with Crippen LogP contribution in [-0.2, 0) is 14.8 Å². The van der Waals surface area contributed by atoms with Crippen LogP contribution in [0.3, 0.4) is 0 Å². The highest BCUT2D eigenvalue weighted by atomic mass is 35.5. The van der Waals surface area contributed by atoms with E-state index in [0.29, 0.717) is 42.2 Å². The minimum atomic E-state index is -3.21. The summed E-state index contributed by atoms with van der Waals surface area (Å²) in [6, 6.07) is 3.11. The number of anilines is 1. The average molecular weight is 469 g/mol. The molecular formula is C19H25ClN6O4S. The second kappa shape index (κ2) is 8.45. The summed E-state index contributed by atoms with van der Waals surface area (Å²) in [7, 11) is -3.21. The lowest BCUT2D eigenvalue weighted by molar-refractivity contribution is -0.117. The standard InChI is InChI=1S/C19H25ClN6O4S/c1-13-22-18(30-24-13)15-9-19(5-7-26(8-6-19)31(2,28)29)12-25(15)11-17(27)23-16-4-3-14(20)10-21-16/h3-4,10,15H,5-9,11-12H2,1-2H3,(H,21,23,27). The number of likely N-dealkylation sites (tertiary alicyclic amines) is 1. The molecule has 4 heterocycles. The first-order chi connectivity index (χ1) is 14.6. The molecule has 1 amide bonds. The number of carbonyl (C=O) groups excluding carboxylic acids is 1. The Kier molecular flexibility index (Phi) is 6.03. The number of sulfonamides is 1. The number of rotatable bonds is 5. The van der Waals surface area contributed by atoms with Gasteiger partial charge in [-0.3, -0.25) is 9.69 Å². The van der Waals surface area contributed by atoms with Gasteiger partial charge in [0.2, 0.25) is 21.8 Å². The molecular weight excluding hydrogens is 444 g/mol. The quantitative estimate of drug-likeness (QED) is 0.705. The number of halogens is 1. The normalized spacial score (nSPS) is 22.1.